The summed E-state index contributed by atoms with van der Waals surface area (Å²) >= 11 is 0. The number of halogens is 1. The molecular formula is C12H17BrMgO2. The summed E-state index contributed by atoms with van der Waals surface area (Å²) in [5.41, 5.74) is 0. The minimum atomic E-state index is 0. The molecule has 0 saturated carbocycles. The van der Waals surface area contributed by atoms with Gasteiger partial charge in [-0.2, -0.15) is 6.07 Å². The van der Waals surface area contributed by atoms with E-state index < -0.39 is 0 Å². The summed E-state index contributed by atoms with van der Waals surface area (Å²) in [4.78, 5) is 0. The van der Waals surface area contributed by atoms with Crippen molar-refractivity contribution in [3.8, 4) is 11.5 Å². The van der Waals surface area contributed by atoms with E-state index >= 15 is 0 Å². The largest absolute Gasteiger partial charge is 2.00 e. The second-order valence-electron chi connectivity index (χ2n) is 3.09. The molecule has 0 bridgehead atoms. The van der Waals surface area contributed by atoms with E-state index in [0.29, 0.717) is 0 Å². The molecule has 0 radical (unpaired) electrons. The van der Waals surface area contributed by atoms with Gasteiger partial charge >= 0.3 is 23.1 Å². The van der Waals surface area contributed by atoms with E-state index in [1.54, 1.807) is 0 Å². The fourth-order valence-electron chi connectivity index (χ4n) is 1.03. The fraction of sp³-hybridized carbons (Fsp3) is 0.500. The van der Waals surface area contributed by atoms with Crippen LogP contribution in [0, 0.1) is 6.07 Å². The van der Waals surface area contributed by atoms with Crippen LogP contribution in [0.1, 0.15) is 26.7 Å². The summed E-state index contributed by atoms with van der Waals surface area (Å²) in [6.45, 7) is 5.64. The Morgan fingerprint density at radius 3 is 2.38 bits per heavy atom. The van der Waals surface area contributed by atoms with E-state index in [1.807, 2.05) is 18.2 Å². The van der Waals surface area contributed by atoms with Crippen LogP contribution in [-0.4, -0.2) is 36.3 Å². The molecule has 16 heavy (non-hydrogen) atoms. The van der Waals surface area contributed by atoms with Crippen LogP contribution in [0.5, 0.6) is 11.5 Å². The Morgan fingerprint density at radius 1 is 1.12 bits per heavy atom. The van der Waals surface area contributed by atoms with Gasteiger partial charge in [-0.25, -0.2) is 0 Å². The van der Waals surface area contributed by atoms with E-state index in [2.05, 4.69) is 19.9 Å². The first kappa shape index (κ1) is 18.4. The Bertz CT molecular complexity index is 246. The first-order valence-electron chi connectivity index (χ1n) is 5.14. The monoisotopic (exact) mass is 296 g/mol. The Morgan fingerprint density at radius 2 is 1.75 bits per heavy atom. The predicted octanol–water partition coefficient (Wildman–Crippen LogP) is -0.312. The Balaban J connectivity index is 0. The summed E-state index contributed by atoms with van der Waals surface area (Å²) in [5, 5.41) is 0. The van der Waals surface area contributed by atoms with Crippen LogP contribution in [0.4, 0.5) is 0 Å². The van der Waals surface area contributed by atoms with Gasteiger partial charge in [0.2, 0.25) is 0 Å². The maximum absolute atomic E-state index is 5.48. The number of rotatable bonds is 6. The zero-order valence-electron chi connectivity index (χ0n) is 9.96. The molecule has 1 aromatic carbocycles. The van der Waals surface area contributed by atoms with Crippen molar-refractivity contribution in [3.63, 3.8) is 0 Å². The molecule has 0 spiro atoms. The van der Waals surface area contributed by atoms with Crippen LogP contribution in [0.25, 0.3) is 0 Å². The van der Waals surface area contributed by atoms with Crippen molar-refractivity contribution in [2.75, 3.05) is 13.2 Å². The summed E-state index contributed by atoms with van der Waals surface area (Å²) in [5.74, 6) is 1.62. The summed E-state index contributed by atoms with van der Waals surface area (Å²) in [6, 6.07) is 8.62. The summed E-state index contributed by atoms with van der Waals surface area (Å²) < 4.78 is 10.9. The second-order valence-corrected chi connectivity index (χ2v) is 3.09. The zero-order chi connectivity index (χ0) is 10.2. The van der Waals surface area contributed by atoms with Gasteiger partial charge in [0.25, 0.3) is 0 Å². The molecule has 0 heterocycles. The SMILES string of the molecule is CCCOc1[c-]ccc(OCCC)c1.[Br-].[Mg+2]. The maximum atomic E-state index is 5.48. The quantitative estimate of drug-likeness (QED) is 0.530. The number of hydrogen-bond acceptors (Lipinski definition) is 2. The molecule has 2 nitrogen and oxygen atoms in total. The van der Waals surface area contributed by atoms with Crippen LogP contribution in [0.15, 0.2) is 18.2 Å². The topological polar surface area (TPSA) is 18.5 Å². The second kappa shape index (κ2) is 11.5. The summed E-state index contributed by atoms with van der Waals surface area (Å²) in [7, 11) is 0. The first-order valence-corrected chi connectivity index (χ1v) is 5.14. The van der Waals surface area contributed by atoms with Gasteiger partial charge in [0.05, 0.1) is 13.2 Å². The van der Waals surface area contributed by atoms with Gasteiger partial charge in [-0.15, -0.1) is 12.1 Å². The number of benzene rings is 1. The third-order valence-corrected chi connectivity index (χ3v) is 1.68. The van der Waals surface area contributed by atoms with Gasteiger partial charge in [0.1, 0.15) is 0 Å². The molecule has 4 heteroatoms. The van der Waals surface area contributed by atoms with Crippen LogP contribution in [-0.2, 0) is 0 Å². The third-order valence-electron chi connectivity index (χ3n) is 1.68. The molecule has 1 aromatic rings. The van der Waals surface area contributed by atoms with Crippen LogP contribution in [0.3, 0.4) is 0 Å². The molecule has 0 fully saturated rings. The number of ether oxygens (including phenoxy) is 2. The average Bonchev–Trinajstić information content (AvgIpc) is 2.24. The predicted molar refractivity (Wildman–Crippen MR) is 62.6 cm³/mol. The molecule has 0 aliphatic carbocycles. The molecule has 0 saturated heterocycles. The van der Waals surface area contributed by atoms with Crippen LogP contribution < -0.4 is 26.5 Å². The van der Waals surface area contributed by atoms with E-state index in [-0.39, 0.29) is 40.0 Å². The molecular weight excluding hydrogens is 280 g/mol. The van der Waals surface area contributed by atoms with Crippen molar-refractivity contribution in [1.82, 2.24) is 0 Å². The number of hydrogen-bond donors (Lipinski definition) is 0. The van der Waals surface area contributed by atoms with Crippen molar-refractivity contribution in [3.05, 3.63) is 24.3 Å². The molecule has 0 aliphatic heterocycles. The third kappa shape index (κ3) is 7.36. The van der Waals surface area contributed by atoms with Crippen molar-refractivity contribution < 1.29 is 26.5 Å². The van der Waals surface area contributed by atoms with Crippen molar-refractivity contribution in [2.24, 2.45) is 0 Å². The molecule has 0 atom stereocenters. The van der Waals surface area contributed by atoms with Gasteiger partial charge in [0.15, 0.2) is 0 Å². The van der Waals surface area contributed by atoms with Gasteiger partial charge in [-0.05, 0) is 12.8 Å². The van der Waals surface area contributed by atoms with Gasteiger partial charge in [-0.1, -0.05) is 19.9 Å². The molecule has 0 aliphatic rings. The molecule has 0 N–H and O–H groups in total. The van der Waals surface area contributed by atoms with Crippen LogP contribution >= 0.6 is 0 Å². The van der Waals surface area contributed by atoms with Gasteiger partial charge in [0, 0.05) is 11.5 Å². The normalized spacial score (nSPS) is 8.62. The van der Waals surface area contributed by atoms with Gasteiger partial charge in [-0.3, -0.25) is 0 Å². The van der Waals surface area contributed by atoms with Crippen LogP contribution in [0.2, 0.25) is 0 Å². The first-order chi connectivity index (χ1) is 6.86. The Hall–Kier alpha value is 0.0662. The maximum Gasteiger partial charge on any atom is 2.00 e. The smallest absolute Gasteiger partial charge is 1.00 e. The van der Waals surface area contributed by atoms with Crippen molar-refractivity contribution >= 4 is 23.1 Å². The Kier molecular flexibility index (Phi) is 13.3. The molecule has 0 aromatic heterocycles. The van der Waals surface area contributed by atoms with Crippen molar-refractivity contribution in [2.45, 2.75) is 26.7 Å². The van der Waals surface area contributed by atoms with E-state index in [4.69, 9.17) is 9.47 Å². The average molecular weight is 297 g/mol. The molecule has 0 unspecified atom stereocenters. The standard InChI is InChI=1S/C12H17O2.BrH.Mg/c1-3-8-13-11-6-5-7-12(10-11)14-9-4-2;;/h5-6,10H,3-4,8-9H2,1-2H3;1H;/q-1;;+2/p-1. The minimum absolute atomic E-state index is 0. The van der Waals surface area contributed by atoms with Gasteiger partial charge < -0.3 is 26.5 Å². The van der Waals surface area contributed by atoms with E-state index in [0.717, 1.165) is 37.6 Å². The zero-order valence-corrected chi connectivity index (χ0v) is 13.0. The van der Waals surface area contributed by atoms with E-state index in [1.165, 1.54) is 0 Å². The fourth-order valence-corrected chi connectivity index (χ4v) is 1.03. The summed E-state index contributed by atoms with van der Waals surface area (Å²) in [6.07, 6.45) is 2.03. The van der Waals surface area contributed by atoms with E-state index in [9.17, 15) is 0 Å². The van der Waals surface area contributed by atoms with Crippen molar-refractivity contribution in [1.29, 1.82) is 0 Å². The molecule has 86 valence electrons. The Labute approximate surface area is 125 Å². The minimum Gasteiger partial charge on any atom is -1.00 e. The molecule has 1 rings (SSSR count). The molecule has 0 amide bonds.